The van der Waals surface area contributed by atoms with Crippen LogP contribution in [0.25, 0.3) is 0 Å². The zero-order chi connectivity index (χ0) is 35.9. The molecule has 0 spiro atoms. The van der Waals surface area contributed by atoms with Crippen molar-refractivity contribution in [1.29, 1.82) is 0 Å². The van der Waals surface area contributed by atoms with E-state index in [1.807, 2.05) is 0 Å². The number of halogens is 12. The molecule has 19 heteroatoms. The normalized spacial score (nSPS) is 13.9. The van der Waals surface area contributed by atoms with Crippen LogP contribution in [-0.4, -0.2) is 15.5 Å². The van der Waals surface area contributed by atoms with Gasteiger partial charge in [0, 0.05) is 24.5 Å². The molecule has 0 N–H and O–H groups in total. The Hall–Kier alpha value is -3.39. The summed E-state index contributed by atoms with van der Waals surface area (Å²) in [7, 11) is -9.04. The van der Waals surface area contributed by atoms with Crippen molar-refractivity contribution in [1.82, 2.24) is 0 Å². The highest BCUT2D eigenvalue weighted by Gasteiger charge is 2.43. The fourth-order valence-electron chi connectivity index (χ4n) is 4.16. The van der Waals surface area contributed by atoms with Crippen LogP contribution in [-0.2, 0) is 42.9 Å². The monoisotopic (exact) mass is 754 g/mol. The van der Waals surface area contributed by atoms with E-state index in [0.29, 0.717) is 91.7 Å². The first-order valence-electron chi connectivity index (χ1n) is 12.7. The number of benzene rings is 4. The summed E-state index contributed by atoms with van der Waals surface area (Å²) in [6.45, 7) is 0. The van der Waals surface area contributed by atoms with Gasteiger partial charge < -0.3 is 0 Å². The van der Waals surface area contributed by atoms with Crippen molar-refractivity contribution in [3.63, 3.8) is 0 Å². The molecule has 0 amide bonds. The van der Waals surface area contributed by atoms with Crippen molar-refractivity contribution in [3.8, 4) is 0 Å². The van der Waals surface area contributed by atoms with Gasteiger partial charge in [0.2, 0.25) is 0 Å². The van der Waals surface area contributed by atoms with Gasteiger partial charge in [0.15, 0.2) is 0 Å². The van der Waals surface area contributed by atoms with Gasteiger partial charge in [-0.1, -0.05) is 11.8 Å². The fraction of sp³-hybridized carbons (Fsp3) is 0.172. The number of alkyl halides is 12. The zero-order valence-electron chi connectivity index (χ0n) is 23.6. The second kappa shape index (κ2) is 13.1. The predicted molar refractivity (Wildman–Crippen MR) is 149 cm³/mol. The third kappa shape index (κ3) is 8.24. The molecule has 0 unspecified atom stereocenters. The second-order valence-corrected chi connectivity index (χ2v) is 14.8. The lowest BCUT2D eigenvalue weighted by Crippen LogP contribution is -2.17. The Morgan fingerprint density at radius 3 is 1.23 bits per heavy atom. The molecule has 0 aromatic heterocycles. The van der Waals surface area contributed by atoms with E-state index in [9.17, 15) is 61.1 Å². The molecule has 0 heterocycles. The van der Waals surface area contributed by atoms with Crippen molar-refractivity contribution in [2.45, 2.75) is 49.2 Å². The van der Waals surface area contributed by atoms with Crippen LogP contribution >= 0.6 is 22.1 Å². The van der Waals surface area contributed by atoms with Crippen LogP contribution in [0.2, 0.25) is 0 Å². The Bertz CT molecular complexity index is 1790. The van der Waals surface area contributed by atoms with E-state index in [4.69, 9.17) is 3.63 Å². The van der Waals surface area contributed by atoms with Crippen molar-refractivity contribution in [3.05, 3.63) is 113 Å². The molecule has 0 aliphatic carbocycles. The van der Waals surface area contributed by atoms with Gasteiger partial charge in [0.05, 0.1) is 29.4 Å². The predicted octanol–water partition coefficient (Wildman–Crippen LogP) is 11.0. The quantitative estimate of drug-likeness (QED) is 0.168. The Balaban J connectivity index is 2.13. The van der Waals surface area contributed by atoms with Gasteiger partial charge in [0.1, 0.15) is 0 Å². The maximum Gasteiger partial charge on any atom is 0.416 e. The minimum absolute atomic E-state index is 0.0215. The van der Waals surface area contributed by atoms with E-state index in [-0.39, 0.29) is 9.79 Å². The number of hydrogen-bond donors (Lipinski definition) is 0. The lowest BCUT2D eigenvalue weighted by Gasteiger charge is -2.40. The molecule has 4 aromatic carbocycles. The van der Waals surface area contributed by atoms with Gasteiger partial charge in [-0.15, -0.1) is 0 Å². The Kier molecular flexibility index (Phi) is 10.3. The SMILES string of the molecule is COS(=O)(=O)OS(c1ccc(C(F)(F)F)cc1)(c1ccc(C(F)(F)F)cc1)c1cc(C(F)(F)F)ccc1Sc1ccc(C(F)(F)F)cc1. The van der Waals surface area contributed by atoms with Gasteiger partial charge in [0.25, 0.3) is 0 Å². The lowest BCUT2D eigenvalue weighted by molar-refractivity contribution is -0.138. The molecule has 0 fully saturated rings. The zero-order valence-corrected chi connectivity index (χ0v) is 26.0. The van der Waals surface area contributed by atoms with Crippen LogP contribution in [0, 0.1) is 0 Å². The highest BCUT2D eigenvalue weighted by atomic mass is 32.3. The average Bonchev–Trinajstić information content (AvgIpc) is 2.99. The number of hydrogen-bond acceptors (Lipinski definition) is 5. The molecule has 0 saturated carbocycles. The molecule has 0 aliphatic heterocycles. The van der Waals surface area contributed by atoms with Crippen LogP contribution < -0.4 is 0 Å². The summed E-state index contributed by atoms with van der Waals surface area (Å²) < 4.78 is 198. The topological polar surface area (TPSA) is 52.6 Å². The molecular weight excluding hydrogens is 736 g/mol. The van der Waals surface area contributed by atoms with Crippen LogP contribution in [0.1, 0.15) is 22.3 Å². The molecule has 260 valence electrons. The minimum atomic E-state index is -5.28. The van der Waals surface area contributed by atoms with E-state index >= 15 is 0 Å². The summed E-state index contributed by atoms with van der Waals surface area (Å²) in [5.41, 5.74) is -5.05. The maximum atomic E-state index is 14.1. The molecule has 0 atom stereocenters. The third-order valence-corrected chi connectivity index (χ3v) is 12.3. The maximum absolute atomic E-state index is 14.1. The van der Waals surface area contributed by atoms with Gasteiger partial charge in [-0.25, -0.2) is 0 Å². The largest absolute Gasteiger partial charge is 0.416 e. The second-order valence-electron chi connectivity index (χ2n) is 9.53. The van der Waals surface area contributed by atoms with E-state index in [2.05, 4.69) is 4.18 Å². The van der Waals surface area contributed by atoms with E-state index in [1.165, 1.54) is 0 Å². The molecule has 0 bridgehead atoms. The molecule has 48 heavy (non-hydrogen) atoms. The number of rotatable bonds is 8. The molecule has 4 aromatic rings. The standard InChI is InChI=1S/C29H18F12O4S3/c1-44-48(42,43)45-47(22-11-4-18(5-12-22)27(33,34)35,23-13-6-19(7-14-23)28(36,37)38)25-16-20(29(39,40)41)8-15-24(25)46-21-9-2-17(3-10-21)26(30,31)32/h2-16H,1H3. The van der Waals surface area contributed by atoms with Crippen LogP contribution in [0.15, 0.2) is 115 Å². The molecule has 0 saturated heterocycles. The Morgan fingerprint density at radius 2 is 0.875 bits per heavy atom. The van der Waals surface area contributed by atoms with Gasteiger partial charge in [-0.3, -0.25) is 4.18 Å². The summed E-state index contributed by atoms with van der Waals surface area (Å²) in [5, 5.41) is 0. The van der Waals surface area contributed by atoms with E-state index < -0.39 is 82.4 Å². The highest BCUT2D eigenvalue weighted by Crippen LogP contribution is 2.72. The first-order valence-corrected chi connectivity index (χ1v) is 16.4. The van der Waals surface area contributed by atoms with Crippen LogP contribution in [0.5, 0.6) is 0 Å². The Labute approximate surface area is 270 Å². The van der Waals surface area contributed by atoms with Gasteiger partial charge in [-0.2, -0.15) is 64.7 Å². The highest BCUT2D eigenvalue weighted by molar-refractivity contribution is 8.33. The van der Waals surface area contributed by atoms with Crippen molar-refractivity contribution >= 4 is 32.5 Å². The molecular formula is C29H18F12O4S3. The molecule has 0 radical (unpaired) electrons. The van der Waals surface area contributed by atoms with E-state index in [1.54, 1.807) is 0 Å². The van der Waals surface area contributed by atoms with Gasteiger partial charge in [-0.05, 0) is 101 Å². The van der Waals surface area contributed by atoms with Crippen molar-refractivity contribution in [2.75, 3.05) is 7.11 Å². The fourth-order valence-corrected chi connectivity index (χ4v) is 10.1. The third-order valence-electron chi connectivity index (χ3n) is 6.41. The summed E-state index contributed by atoms with van der Waals surface area (Å²) in [6.07, 6.45) is -19.8. The average molecular weight is 755 g/mol. The smallest absolute Gasteiger partial charge is 0.251 e. The molecule has 4 rings (SSSR count). The Morgan fingerprint density at radius 1 is 0.521 bits per heavy atom. The first-order chi connectivity index (χ1) is 22.0. The van der Waals surface area contributed by atoms with Gasteiger partial charge >= 0.3 is 35.1 Å². The summed E-state index contributed by atoms with van der Waals surface area (Å²) in [4.78, 5) is -2.06. The first kappa shape index (κ1) is 37.4. The van der Waals surface area contributed by atoms with E-state index in [0.717, 1.165) is 18.2 Å². The van der Waals surface area contributed by atoms with Crippen molar-refractivity contribution in [2.24, 2.45) is 0 Å². The minimum Gasteiger partial charge on any atom is -0.251 e. The van der Waals surface area contributed by atoms with Crippen LogP contribution in [0.4, 0.5) is 52.7 Å². The van der Waals surface area contributed by atoms with Crippen molar-refractivity contribution < 1.29 is 68.9 Å². The lowest BCUT2D eigenvalue weighted by atomic mass is 10.2. The van der Waals surface area contributed by atoms with Crippen LogP contribution in [0.3, 0.4) is 0 Å². The summed E-state index contributed by atoms with van der Waals surface area (Å²) in [5.74, 6) is 0. The summed E-state index contributed by atoms with van der Waals surface area (Å²) >= 11 is 0.528. The summed E-state index contributed by atoms with van der Waals surface area (Å²) in [6, 6.07) is 9.58. The molecule has 4 nitrogen and oxygen atoms in total. The molecule has 0 aliphatic rings.